The molecule has 0 spiro atoms. The van der Waals surface area contributed by atoms with Crippen molar-refractivity contribution in [1.82, 2.24) is 5.32 Å². The first kappa shape index (κ1) is 15.7. The van der Waals surface area contributed by atoms with Gasteiger partial charge in [-0.1, -0.05) is 6.42 Å². The monoisotopic (exact) mass is 283 g/mol. The number of ether oxygens (including phenoxy) is 1. The van der Waals surface area contributed by atoms with Gasteiger partial charge in [-0.25, -0.2) is 4.79 Å². The van der Waals surface area contributed by atoms with Crippen LogP contribution in [0.4, 0.5) is 13.2 Å². The predicted molar refractivity (Wildman–Crippen MR) is 58.4 cm³/mol. The second-order valence-electron chi connectivity index (χ2n) is 4.57. The molecule has 0 aromatic heterocycles. The second-order valence-corrected chi connectivity index (χ2v) is 4.57. The van der Waals surface area contributed by atoms with Crippen molar-refractivity contribution in [1.29, 1.82) is 0 Å². The van der Waals surface area contributed by atoms with Gasteiger partial charge in [-0.3, -0.25) is 4.79 Å². The molecule has 3 unspecified atom stereocenters. The van der Waals surface area contributed by atoms with Crippen LogP contribution in [-0.4, -0.2) is 42.4 Å². The number of aliphatic carboxylic acids is 1. The molecule has 0 aromatic rings. The van der Waals surface area contributed by atoms with Gasteiger partial charge in [0.1, 0.15) is 6.04 Å². The van der Waals surface area contributed by atoms with Crippen molar-refractivity contribution in [2.24, 2.45) is 5.92 Å². The Labute approximate surface area is 108 Å². The van der Waals surface area contributed by atoms with Crippen LogP contribution >= 0.6 is 0 Å². The molecule has 0 radical (unpaired) electrons. The maximum atomic E-state index is 12.2. The molecule has 5 nitrogen and oxygen atoms in total. The number of nitrogens with one attached hydrogen (secondary N) is 1. The first-order chi connectivity index (χ1) is 8.75. The predicted octanol–water partition coefficient (Wildman–Crippen LogP) is 1.32. The zero-order valence-electron chi connectivity index (χ0n) is 10.4. The van der Waals surface area contributed by atoms with Crippen molar-refractivity contribution in [3.8, 4) is 0 Å². The molecule has 110 valence electrons. The summed E-state index contributed by atoms with van der Waals surface area (Å²) in [5.74, 6) is -4.23. The SMILES string of the molecule is COC1CCCC(C(NC(=O)C(F)(F)F)C(=O)O)C1. The van der Waals surface area contributed by atoms with Crippen molar-refractivity contribution in [3.05, 3.63) is 0 Å². The first-order valence-electron chi connectivity index (χ1n) is 5.89. The van der Waals surface area contributed by atoms with Gasteiger partial charge in [-0.15, -0.1) is 0 Å². The van der Waals surface area contributed by atoms with Gasteiger partial charge < -0.3 is 15.2 Å². The summed E-state index contributed by atoms with van der Waals surface area (Å²) in [6, 6.07) is -1.54. The molecule has 1 aliphatic rings. The molecule has 0 heterocycles. The van der Waals surface area contributed by atoms with E-state index < -0.39 is 30.0 Å². The highest BCUT2D eigenvalue weighted by molar-refractivity contribution is 5.87. The lowest BCUT2D eigenvalue weighted by Gasteiger charge is -2.32. The number of carboxylic acid groups (broad SMARTS) is 1. The van der Waals surface area contributed by atoms with Gasteiger partial charge in [0.2, 0.25) is 0 Å². The molecular weight excluding hydrogens is 267 g/mol. The van der Waals surface area contributed by atoms with Crippen LogP contribution in [0.3, 0.4) is 0 Å². The number of amides is 1. The highest BCUT2D eigenvalue weighted by Crippen LogP contribution is 2.29. The largest absolute Gasteiger partial charge is 0.480 e. The number of halogens is 3. The minimum absolute atomic E-state index is 0.177. The third-order valence-corrected chi connectivity index (χ3v) is 3.28. The molecule has 1 rings (SSSR count). The smallest absolute Gasteiger partial charge is 0.471 e. The van der Waals surface area contributed by atoms with Crippen molar-refractivity contribution in [3.63, 3.8) is 0 Å². The van der Waals surface area contributed by atoms with Gasteiger partial charge in [0.05, 0.1) is 6.10 Å². The molecule has 1 amide bonds. The number of hydrogen-bond acceptors (Lipinski definition) is 3. The van der Waals surface area contributed by atoms with E-state index in [4.69, 9.17) is 9.84 Å². The van der Waals surface area contributed by atoms with Crippen LogP contribution in [0.2, 0.25) is 0 Å². The van der Waals surface area contributed by atoms with Crippen molar-refractivity contribution in [2.45, 2.75) is 44.0 Å². The molecule has 0 aromatic carbocycles. The van der Waals surface area contributed by atoms with Crippen molar-refractivity contribution >= 4 is 11.9 Å². The Hall–Kier alpha value is -1.31. The fourth-order valence-electron chi connectivity index (χ4n) is 2.30. The van der Waals surface area contributed by atoms with Crippen LogP contribution in [0, 0.1) is 5.92 Å². The summed E-state index contributed by atoms with van der Waals surface area (Å²) in [4.78, 5) is 21.9. The van der Waals surface area contributed by atoms with E-state index in [0.29, 0.717) is 19.3 Å². The summed E-state index contributed by atoms with van der Waals surface area (Å²) in [6.45, 7) is 0. The number of rotatable bonds is 4. The molecule has 0 aliphatic heterocycles. The number of carbonyl (C=O) groups excluding carboxylic acids is 1. The molecule has 0 saturated heterocycles. The van der Waals surface area contributed by atoms with Gasteiger partial charge in [-0.2, -0.15) is 13.2 Å². The summed E-state index contributed by atoms with van der Waals surface area (Å²) >= 11 is 0. The minimum Gasteiger partial charge on any atom is -0.480 e. The van der Waals surface area contributed by atoms with Crippen molar-refractivity contribution in [2.75, 3.05) is 7.11 Å². The molecular formula is C11H16F3NO4. The highest BCUT2D eigenvalue weighted by Gasteiger charge is 2.43. The van der Waals surface area contributed by atoms with Crippen LogP contribution < -0.4 is 5.32 Å². The van der Waals surface area contributed by atoms with Gasteiger partial charge in [0.25, 0.3) is 0 Å². The Morgan fingerprint density at radius 2 is 2.00 bits per heavy atom. The lowest BCUT2D eigenvalue weighted by Crippen LogP contribution is -2.51. The van der Waals surface area contributed by atoms with Gasteiger partial charge in [0.15, 0.2) is 0 Å². The maximum absolute atomic E-state index is 12.2. The summed E-state index contributed by atoms with van der Waals surface area (Å²) in [5, 5.41) is 10.5. The fraction of sp³-hybridized carbons (Fsp3) is 0.818. The van der Waals surface area contributed by atoms with Crippen molar-refractivity contribution < 1.29 is 32.6 Å². The average molecular weight is 283 g/mol. The van der Waals surface area contributed by atoms with E-state index in [0.717, 1.165) is 6.42 Å². The van der Waals surface area contributed by atoms with Crippen LogP contribution in [0.25, 0.3) is 0 Å². The lowest BCUT2D eigenvalue weighted by molar-refractivity contribution is -0.176. The number of alkyl halides is 3. The Kier molecular flexibility index (Phi) is 5.16. The first-order valence-corrected chi connectivity index (χ1v) is 5.89. The fourth-order valence-corrected chi connectivity index (χ4v) is 2.30. The van der Waals surface area contributed by atoms with Crippen LogP contribution in [0.1, 0.15) is 25.7 Å². The lowest BCUT2D eigenvalue weighted by atomic mass is 9.82. The molecule has 1 aliphatic carbocycles. The molecule has 8 heteroatoms. The third kappa shape index (κ3) is 4.38. The van der Waals surface area contributed by atoms with Gasteiger partial charge >= 0.3 is 18.1 Å². The third-order valence-electron chi connectivity index (χ3n) is 3.28. The van der Waals surface area contributed by atoms with Gasteiger partial charge in [0, 0.05) is 7.11 Å². The number of methoxy groups -OCH3 is 1. The highest BCUT2D eigenvalue weighted by atomic mass is 19.4. The zero-order chi connectivity index (χ0) is 14.6. The maximum Gasteiger partial charge on any atom is 0.471 e. The Balaban J connectivity index is 2.72. The summed E-state index contributed by atoms with van der Waals surface area (Å²) in [6.07, 6.45) is -3.08. The van der Waals surface area contributed by atoms with E-state index in [1.54, 1.807) is 5.32 Å². The standard InChI is InChI=1S/C11H16F3NO4/c1-19-7-4-2-3-6(5-7)8(9(16)17)15-10(18)11(12,13)14/h6-8H,2-5H2,1H3,(H,15,18)(H,16,17). The zero-order valence-corrected chi connectivity index (χ0v) is 10.4. The molecule has 1 saturated carbocycles. The molecule has 2 N–H and O–H groups in total. The topological polar surface area (TPSA) is 75.6 Å². The number of carboxylic acids is 1. The average Bonchev–Trinajstić information content (AvgIpc) is 2.34. The van der Waals surface area contributed by atoms with Crippen LogP contribution in [0.5, 0.6) is 0 Å². The Morgan fingerprint density at radius 3 is 2.47 bits per heavy atom. The summed E-state index contributed by atoms with van der Waals surface area (Å²) < 4.78 is 41.6. The molecule has 19 heavy (non-hydrogen) atoms. The van der Waals surface area contributed by atoms with E-state index in [1.165, 1.54) is 7.11 Å². The normalized spacial score (nSPS) is 25.7. The summed E-state index contributed by atoms with van der Waals surface area (Å²) in [5.41, 5.74) is 0. The van der Waals surface area contributed by atoms with E-state index >= 15 is 0 Å². The van der Waals surface area contributed by atoms with E-state index in [-0.39, 0.29) is 6.10 Å². The summed E-state index contributed by atoms with van der Waals surface area (Å²) in [7, 11) is 1.47. The van der Waals surface area contributed by atoms with E-state index in [1.807, 2.05) is 0 Å². The van der Waals surface area contributed by atoms with E-state index in [9.17, 15) is 22.8 Å². The molecule has 0 bridgehead atoms. The second kappa shape index (κ2) is 6.23. The molecule has 3 atom stereocenters. The van der Waals surface area contributed by atoms with Crippen LogP contribution in [0.15, 0.2) is 0 Å². The number of carbonyl (C=O) groups is 2. The Bertz CT molecular complexity index is 345. The molecule has 1 fully saturated rings. The van der Waals surface area contributed by atoms with Crippen LogP contribution in [-0.2, 0) is 14.3 Å². The van der Waals surface area contributed by atoms with E-state index in [2.05, 4.69) is 0 Å². The minimum atomic E-state index is -5.08. The quantitative estimate of drug-likeness (QED) is 0.816. The Morgan fingerprint density at radius 1 is 1.37 bits per heavy atom. The number of hydrogen-bond donors (Lipinski definition) is 2. The van der Waals surface area contributed by atoms with Gasteiger partial charge in [-0.05, 0) is 25.2 Å².